The normalized spacial score (nSPS) is 13.3. The smallest absolute Gasteiger partial charge is 0.407 e. The molecule has 5 nitrogen and oxygen atoms in total. The second kappa shape index (κ2) is 7.04. The lowest BCUT2D eigenvalue weighted by atomic mass is 10.1. The molecule has 0 radical (unpaired) electrons. The fourth-order valence-corrected chi connectivity index (χ4v) is 2.50. The molecule has 3 N–H and O–H groups in total. The molecular formula is C14H25N3O2S. The Morgan fingerprint density at radius 3 is 2.60 bits per heavy atom. The van der Waals surface area contributed by atoms with Crippen molar-refractivity contribution in [3.63, 3.8) is 0 Å². The average molecular weight is 299 g/mol. The average Bonchev–Trinajstić information content (AvgIpc) is 2.77. The van der Waals surface area contributed by atoms with Gasteiger partial charge in [0.25, 0.3) is 0 Å². The summed E-state index contributed by atoms with van der Waals surface area (Å²) in [7, 11) is 0. The highest BCUT2D eigenvalue weighted by molar-refractivity contribution is 7.09. The summed E-state index contributed by atoms with van der Waals surface area (Å²) in [6.07, 6.45) is -0.421. The van der Waals surface area contributed by atoms with Crippen molar-refractivity contribution in [2.24, 2.45) is 5.73 Å². The lowest BCUT2D eigenvalue weighted by Gasteiger charge is -2.21. The van der Waals surface area contributed by atoms with Gasteiger partial charge in [-0.15, -0.1) is 11.3 Å². The number of hydrogen-bond donors (Lipinski definition) is 2. The Hall–Kier alpha value is -1.14. The third-order valence-electron chi connectivity index (χ3n) is 2.63. The Labute approximate surface area is 124 Å². The zero-order chi connectivity index (χ0) is 15.3. The molecule has 1 unspecified atom stereocenters. The predicted octanol–water partition coefficient (Wildman–Crippen LogP) is 2.83. The number of amides is 1. The Kier molecular flexibility index (Phi) is 5.95. The van der Waals surface area contributed by atoms with Crippen LogP contribution in [-0.2, 0) is 4.74 Å². The maximum atomic E-state index is 11.6. The standard InChI is InChI=1S/C14H25N3O2S/c1-9(2)12-17-11(8-20-12)10(6-15)7-16-13(18)19-14(3,4)5/h8-10H,6-7,15H2,1-5H3,(H,16,18). The molecule has 0 fully saturated rings. The van der Waals surface area contributed by atoms with E-state index in [1.165, 1.54) is 0 Å². The monoisotopic (exact) mass is 299 g/mol. The van der Waals surface area contributed by atoms with Gasteiger partial charge in [0.1, 0.15) is 5.60 Å². The number of rotatable bonds is 5. The number of thiazole rings is 1. The Morgan fingerprint density at radius 1 is 1.50 bits per heavy atom. The first-order valence-electron chi connectivity index (χ1n) is 6.85. The highest BCUT2D eigenvalue weighted by Gasteiger charge is 2.19. The maximum absolute atomic E-state index is 11.6. The van der Waals surface area contributed by atoms with Crippen molar-refractivity contribution in [1.29, 1.82) is 0 Å². The van der Waals surface area contributed by atoms with E-state index in [1.807, 2.05) is 26.2 Å². The second-order valence-electron chi connectivity index (χ2n) is 6.08. The van der Waals surface area contributed by atoms with Gasteiger partial charge in [-0.2, -0.15) is 0 Å². The third kappa shape index (κ3) is 5.46. The number of ether oxygens (including phenoxy) is 1. The van der Waals surface area contributed by atoms with Crippen LogP contribution in [0.25, 0.3) is 0 Å². The number of alkyl carbamates (subject to hydrolysis) is 1. The van der Waals surface area contributed by atoms with Gasteiger partial charge in [-0.25, -0.2) is 9.78 Å². The molecule has 0 aliphatic rings. The molecular weight excluding hydrogens is 274 g/mol. The van der Waals surface area contributed by atoms with Crippen molar-refractivity contribution in [2.75, 3.05) is 13.1 Å². The van der Waals surface area contributed by atoms with E-state index in [0.717, 1.165) is 10.7 Å². The molecule has 1 amide bonds. The lowest BCUT2D eigenvalue weighted by Crippen LogP contribution is -2.36. The summed E-state index contributed by atoms with van der Waals surface area (Å²) in [6, 6.07) is 0. The van der Waals surface area contributed by atoms with Crippen molar-refractivity contribution in [3.05, 3.63) is 16.1 Å². The summed E-state index contributed by atoms with van der Waals surface area (Å²) in [4.78, 5) is 16.2. The molecule has 20 heavy (non-hydrogen) atoms. The summed E-state index contributed by atoms with van der Waals surface area (Å²) in [5, 5.41) is 5.86. The van der Waals surface area contributed by atoms with Crippen molar-refractivity contribution in [2.45, 2.75) is 52.1 Å². The summed E-state index contributed by atoms with van der Waals surface area (Å²) >= 11 is 1.63. The summed E-state index contributed by atoms with van der Waals surface area (Å²) < 4.78 is 5.20. The van der Waals surface area contributed by atoms with Gasteiger partial charge in [-0.1, -0.05) is 13.8 Å². The third-order valence-corrected chi connectivity index (χ3v) is 3.79. The van der Waals surface area contributed by atoms with Crippen LogP contribution >= 0.6 is 11.3 Å². The number of carbonyl (C=O) groups is 1. The summed E-state index contributed by atoms with van der Waals surface area (Å²) in [5.74, 6) is 0.428. The summed E-state index contributed by atoms with van der Waals surface area (Å²) in [6.45, 7) is 10.6. The van der Waals surface area contributed by atoms with Crippen LogP contribution in [0, 0.1) is 0 Å². The molecule has 1 atom stereocenters. The molecule has 1 aromatic heterocycles. The molecule has 114 valence electrons. The first kappa shape index (κ1) is 16.9. The van der Waals surface area contributed by atoms with E-state index in [2.05, 4.69) is 24.1 Å². The summed E-state index contributed by atoms with van der Waals surface area (Å²) in [5.41, 5.74) is 6.23. The Morgan fingerprint density at radius 2 is 2.15 bits per heavy atom. The molecule has 6 heteroatoms. The van der Waals surface area contributed by atoms with E-state index >= 15 is 0 Å². The molecule has 0 saturated carbocycles. The van der Waals surface area contributed by atoms with Crippen molar-refractivity contribution in [3.8, 4) is 0 Å². The van der Waals surface area contributed by atoms with Crippen molar-refractivity contribution in [1.82, 2.24) is 10.3 Å². The molecule has 0 aliphatic heterocycles. The Bertz CT molecular complexity index is 438. The minimum Gasteiger partial charge on any atom is -0.444 e. The maximum Gasteiger partial charge on any atom is 0.407 e. The topological polar surface area (TPSA) is 77.2 Å². The van der Waals surface area contributed by atoms with Crippen LogP contribution in [-0.4, -0.2) is 29.8 Å². The fraction of sp³-hybridized carbons (Fsp3) is 0.714. The van der Waals surface area contributed by atoms with Crippen LogP contribution in [0.4, 0.5) is 4.79 Å². The zero-order valence-corrected chi connectivity index (χ0v) is 13.7. The van der Waals surface area contributed by atoms with Gasteiger partial charge < -0.3 is 15.8 Å². The van der Waals surface area contributed by atoms with Gasteiger partial charge in [0.2, 0.25) is 0 Å². The SMILES string of the molecule is CC(C)c1nc(C(CN)CNC(=O)OC(C)(C)C)cs1. The minimum absolute atomic E-state index is 0.0197. The van der Waals surface area contributed by atoms with E-state index in [4.69, 9.17) is 10.5 Å². The first-order valence-corrected chi connectivity index (χ1v) is 7.73. The predicted molar refractivity (Wildman–Crippen MR) is 82.2 cm³/mol. The van der Waals surface area contributed by atoms with E-state index in [1.54, 1.807) is 11.3 Å². The molecule has 1 aromatic rings. The molecule has 0 spiro atoms. The minimum atomic E-state index is -0.492. The van der Waals surface area contributed by atoms with Crippen molar-refractivity contribution < 1.29 is 9.53 Å². The van der Waals surface area contributed by atoms with Gasteiger partial charge >= 0.3 is 6.09 Å². The quantitative estimate of drug-likeness (QED) is 0.876. The van der Waals surface area contributed by atoms with E-state index in [9.17, 15) is 4.79 Å². The first-order chi connectivity index (χ1) is 9.23. The number of aromatic nitrogens is 1. The van der Waals surface area contributed by atoms with Gasteiger partial charge in [0, 0.05) is 30.3 Å². The number of nitrogens with two attached hydrogens (primary N) is 1. The fourth-order valence-electron chi connectivity index (χ4n) is 1.58. The molecule has 1 heterocycles. The van der Waals surface area contributed by atoms with Crippen LogP contribution in [0.2, 0.25) is 0 Å². The second-order valence-corrected chi connectivity index (χ2v) is 6.97. The number of nitrogens with zero attached hydrogens (tertiary/aromatic N) is 1. The van der Waals surface area contributed by atoms with Crippen LogP contribution < -0.4 is 11.1 Å². The van der Waals surface area contributed by atoms with E-state index in [-0.39, 0.29) is 5.92 Å². The molecule has 0 bridgehead atoms. The van der Waals surface area contributed by atoms with Gasteiger partial charge in [0.15, 0.2) is 0 Å². The highest BCUT2D eigenvalue weighted by atomic mass is 32.1. The number of carbonyl (C=O) groups excluding carboxylic acids is 1. The Balaban J connectivity index is 2.56. The lowest BCUT2D eigenvalue weighted by molar-refractivity contribution is 0.0524. The van der Waals surface area contributed by atoms with Crippen molar-refractivity contribution >= 4 is 17.4 Å². The molecule has 1 rings (SSSR count). The number of hydrogen-bond acceptors (Lipinski definition) is 5. The van der Waals surface area contributed by atoms with E-state index < -0.39 is 11.7 Å². The van der Waals surface area contributed by atoms with Crippen LogP contribution in [0.15, 0.2) is 5.38 Å². The molecule has 0 aromatic carbocycles. The molecule has 0 saturated heterocycles. The largest absolute Gasteiger partial charge is 0.444 e. The zero-order valence-electron chi connectivity index (χ0n) is 12.9. The van der Waals surface area contributed by atoms with Gasteiger partial charge in [-0.3, -0.25) is 0 Å². The molecule has 0 aliphatic carbocycles. The van der Waals surface area contributed by atoms with Gasteiger partial charge in [-0.05, 0) is 20.8 Å². The van der Waals surface area contributed by atoms with Crippen LogP contribution in [0.1, 0.15) is 57.2 Å². The number of nitrogens with one attached hydrogen (secondary N) is 1. The highest BCUT2D eigenvalue weighted by Crippen LogP contribution is 2.23. The van der Waals surface area contributed by atoms with Gasteiger partial charge in [0.05, 0.1) is 10.7 Å². The van der Waals surface area contributed by atoms with Crippen LogP contribution in [0.5, 0.6) is 0 Å². The van der Waals surface area contributed by atoms with Crippen LogP contribution in [0.3, 0.4) is 0 Å². The van der Waals surface area contributed by atoms with E-state index in [0.29, 0.717) is 19.0 Å².